The van der Waals surface area contributed by atoms with Gasteiger partial charge in [-0.05, 0) is 48.0 Å². The molecule has 0 unspecified atom stereocenters. The molecule has 5 aromatic rings. The molecule has 10 nitrogen and oxygen atoms in total. The van der Waals surface area contributed by atoms with Crippen LogP contribution in [0.4, 0.5) is 8.78 Å². The number of nitriles is 1. The molecule has 3 aromatic carbocycles. The number of hydrogen-bond acceptors (Lipinski definition) is 8. The highest BCUT2D eigenvalue weighted by atomic mass is 19.1. The number of primary amides is 1. The lowest BCUT2D eigenvalue weighted by Gasteiger charge is -2.16. The molecule has 1 amide bonds. The number of rotatable bonds is 11. The molecule has 45 heavy (non-hydrogen) atoms. The Morgan fingerprint density at radius 2 is 1.76 bits per heavy atom. The zero-order valence-electron chi connectivity index (χ0n) is 24.3. The van der Waals surface area contributed by atoms with Gasteiger partial charge < -0.3 is 24.5 Å². The SMILES string of the molecule is COC(=O)c1ccc2nc(Cc3ccc(-c4cccc(OCc5ccc(C#N)cc5F)n4)cc3F)n(C[C@@H](OC)C(N)=O)c2c1. The maximum Gasteiger partial charge on any atom is 0.337 e. The van der Waals surface area contributed by atoms with E-state index in [1.807, 2.05) is 6.07 Å². The number of imidazole rings is 1. The first kappa shape index (κ1) is 30.8. The third-order valence-electron chi connectivity index (χ3n) is 7.18. The van der Waals surface area contributed by atoms with Gasteiger partial charge in [0.25, 0.3) is 0 Å². The van der Waals surface area contributed by atoms with Crippen LogP contribution in [0.25, 0.3) is 22.3 Å². The van der Waals surface area contributed by atoms with Gasteiger partial charge in [0.1, 0.15) is 24.1 Å². The molecule has 2 aromatic heterocycles. The van der Waals surface area contributed by atoms with Crippen LogP contribution in [0.15, 0.2) is 72.8 Å². The monoisotopic (exact) mass is 611 g/mol. The summed E-state index contributed by atoms with van der Waals surface area (Å²) in [7, 11) is 2.62. The Balaban J connectivity index is 1.40. The summed E-state index contributed by atoms with van der Waals surface area (Å²) >= 11 is 0. The fourth-order valence-electron chi connectivity index (χ4n) is 4.76. The van der Waals surface area contributed by atoms with Crippen LogP contribution < -0.4 is 10.5 Å². The molecule has 0 saturated heterocycles. The highest BCUT2D eigenvalue weighted by Crippen LogP contribution is 2.26. The lowest BCUT2D eigenvalue weighted by Crippen LogP contribution is -2.34. The molecule has 0 saturated carbocycles. The number of nitrogens with zero attached hydrogens (tertiary/aromatic N) is 4. The number of halogens is 2. The number of aromatic nitrogens is 3. The number of nitrogens with two attached hydrogens (primary N) is 1. The number of carbonyl (C=O) groups excluding carboxylic acids is 2. The number of ether oxygens (including phenoxy) is 3. The summed E-state index contributed by atoms with van der Waals surface area (Å²) in [6.45, 7) is -0.117. The lowest BCUT2D eigenvalue weighted by molar-refractivity contribution is -0.128. The maximum absolute atomic E-state index is 15.5. The van der Waals surface area contributed by atoms with Gasteiger partial charge in [0.15, 0.2) is 6.10 Å². The van der Waals surface area contributed by atoms with Crippen molar-refractivity contribution in [2.75, 3.05) is 14.2 Å². The van der Waals surface area contributed by atoms with Crippen molar-refractivity contribution in [3.63, 3.8) is 0 Å². The summed E-state index contributed by atoms with van der Waals surface area (Å²) in [4.78, 5) is 33.2. The minimum Gasteiger partial charge on any atom is -0.473 e. The number of amides is 1. The van der Waals surface area contributed by atoms with Gasteiger partial charge in [0, 0.05) is 30.7 Å². The van der Waals surface area contributed by atoms with Crippen LogP contribution in [-0.4, -0.2) is 46.7 Å². The molecule has 228 valence electrons. The normalized spacial score (nSPS) is 11.6. The Morgan fingerprint density at radius 3 is 2.44 bits per heavy atom. The summed E-state index contributed by atoms with van der Waals surface area (Å²) in [5.41, 5.74) is 8.54. The Kier molecular flexibility index (Phi) is 9.11. The highest BCUT2D eigenvalue weighted by molar-refractivity contribution is 5.93. The molecule has 12 heteroatoms. The van der Waals surface area contributed by atoms with E-state index in [1.54, 1.807) is 53.1 Å². The average Bonchev–Trinajstić information content (AvgIpc) is 3.39. The molecule has 0 aliphatic heterocycles. The van der Waals surface area contributed by atoms with Gasteiger partial charge in [-0.2, -0.15) is 5.26 Å². The Hall–Kier alpha value is -5.67. The van der Waals surface area contributed by atoms with Crippen molar-refractivity contribution < 1.29 is 32.6 Å². The van der Waals surface area contributed by atoms with Crippen LogP contribution in [0.2, 0.25) is 0 Å². The van der Waals surface area contributed by atoms with E-state index in [4.69, 9.17) is 25.2 Å². The maximum atomic E-state index is 15.5. The highest BCUT2D eigenvalue weighted by Gasteiger charge is 2.22. The minimum atomic E-state index is -0.996. The summed E-state index contributed by atoms with van der Waals surface area (Å²) in [5.74, 6) is -1.69. The lowest BCUT2D eigenvalue weighted by atomic mass is 10.1. The number of hydrogen-bond donors (Lipinski definition) is 1. The molecule has 0 aliphatic carbocycles. The van der Waals surface area contributed by atoms with E-state index < -0.39 is 29.6 Å². The molecule has 0 spiro atoms. The van der Waals surface area contributed by atoms with E-state index in [0.29, 0.717) is 33.7 Å². The second kappa shape index (κ2) is 13.3. The van der Waals surface area contributed by atoms with Crippen molar-refractivity contribution >= 4 is 22.9 Å². The quantitative estimate of drug-likeness (QED) is 0.212. The van der Waals surface area contributed by atoms with Gasteiger partial charge >= 0.3 is 5.97 Å². The fraction of sp³-hybridized carbons (Fsp3) is 0.182. The Morgan fingerprint density at radius 1 is 0.978 bits per heavy atom. The van der Waals surface area contributed by atoms with Crippen molar-refractivity contribution in [2.45, 2.75) is 25.7 Å². The van der Waals surface area contributed by atoms with E-state index in [0.717, 1.165) is 6.07 Å². The molecule has 2 N–H and O–H groups in total. The topological polar surface area (TPSA) is 142 Å². The molecule has 0 bridgehead atoms. The van der Waals surface area contributed by atoms with E-state index in [9.17, 15) is 14.0 Å². The molecule has 0 radical (unpaired) electrons. The number of esters is 1. The van der Waals surface area contributed by atoms with E-state index in [-0.39, 0.29) is 42.1 Å². The Bertz CT molecular complexity index is 1950. The predicted octanol–water partition coefficient (Wildman–Crippen LogP) is 4.70. The van der Waals surface area contributed by atoms with Crippen LogP contribution in [0.3, 0.4) is 0 Å². The molecule has 0 aliphatic rings. The molecule has 5 rings (SSSR count). The van der Waals surface area contributed by atoms with Gasteiger partial charge in [0.05, 0.1) is 47.6 Å². The van der Waals surface area contributed by atoms with E-state index >= 15 is 4.39 Å². The van der Waals surface area contributed by atoms with Gasteiger partial charge in [-0.1, -0.05) is 24.3 Å². The molecule has 2 heterocycles. The Labute approximate surface area is 256 Å². The van der Waals surface area contributed by atoms with Crippen molar-refractivity contribution in [1.29, 1.82) is 5.26 Å². The number of pyridine rings is 1. The molecule has 0 fully saturated rings. The second-order valence-electron chi connectivity index (χ2n) is 10.0. The van der Waals surface area contributed by atoms with Crippen molar-refractivity contribution in [3.05, 3.63) is 113 Å². The van der Waals surface area contributed by atoms with Gasteiger partial charge in [0.2, 0.25) is 11.8 Å². The summed E-state index contributed by atoms with van der Waals surface area (Å²) in [6, 6.07) is 20.4. The van der Waals surface area contributed by atoms with Gasteiger partial charge in [-0.15, -0.1) is 0 Å². The number of carbonyl (C=O) groups is 2. The summed E-state index contributed by atoms with van der Waals surface area (Å²) < 4.78 is 47.2. The first-order chi connectivity index (χ1) is 21.7. The average molecular weight is 612 g/mol. The first-order valence-electron chi connectivity index (χ1n) is 13.7. The fourth-order valence-corrected chi connectivity index (χ4v) is 4.76. The van der Waals surface area contributed by atoms with Crippen LogP contribution in [-0.2, 0) is 33.8 Å². The largest absolute Gasteiger partial charge is 0.473 e. The van der Waals surface area contributed by atoms with Crippen LogP contribution in [0, 0.1) is 23.0 Å². The second-order valence-corrected chi connectivity index (χ2v) is 10.0. The standard InChI is InChI=1S/C33H27F2N5O5/c1-43-29(32(37)41)17-40-28-14-22(33(42)44-2)10-11-27(28)38-30(40)15-20-8-9-21(13-25(20)35)26-4-3-5-31(39-26)45-18-23-7-6-19(16-36)12-24(23)34/h3-14,29H,15,17-18H2,1-2H3,(H2,37,41)/t29-/m1/s1. The molecule has 1 atom stereocenters. The van der Waals surface area contributed by atoms with Crippen molar-refractivity contribution in [1.82, 2.24) is 14.5 Å². The summed E-state index contributed by atoms with van der Waals surface area (Å²) in [6.07, 6.45) is -0.944. The molecular weight excluding hydrogens is 584 g/mol. The third-order valence-corrected chi connectivity index (χ3v) is 7.18. The number of benzene rings is 3. The zero-order chi connectivity index (χ0) is 32.1. The van der Waals surface area contributed by atoms with Gasteiger partial charge in [-0.3, -0.25) is 4.79 Å². The molecular formula is C33H27F2N5O5. The van der Waals surface area contributed by atoms with Crippen molar-refractivity contribution in [2.24, 2.45) is 5.73 Å². The number of methoxy groups -OCH3 is 2. The van der Waals surface area contributed by atoms with Crippen molar-refractivity contribution in [3.8, 4) is 23.2 Å². The third kappa shape index (κ3) is 6.79. The predicted molar refractivity (Wildman–Crippen MR) is 159 cm³/mol. The van der Waals surface area contributed by atoms with E-state index in [2.05, 4.69) is 9.97 Å². The minimum absolute atomic E-state index is 0.00885. The van der Waals surface area contributed by atoms with Crippen LogP contribution in [0.1, 0.15) is 32.9 Å². The zero-order valence-corrected chi connectivity index (χ0v) is 24.3. The summed E-state index contributed by atoms with van der Waals surface area (Å²) in [5, 5.41) is 8.92. The smallest absolute Gasteiger partial charge is 0.337 e. The number of fused-ring (bicyclic) bond motifs is 1. The van der Waals surface area contributed by atoms with Crippen LogP contribution in [0.5, 0.6) is 5.88 Å². The van der Waals surface area contributed by atoms with Gasteiger partial charge in [-0.25, -0.2) is 23.5 Å². The van der Waals surface area contributed by atoms with Crippen LogP contribution >= 0.6 is 0 Å². The van der Waals surface area contributed by atoms with E-state index in [1.165, 1.54) is 32.4 Å². The first-order valence-corrected chi connectivity index (χ1v) is 13.7.